The lowest BCUT2D eigenvalue weighted by Gasteiger charge is -2.26. The summed E-state index contributed by atoms with van der Waals surface area (Å²) in [6.45, 7) is 4.69. The fraction of sp³-hybridized carbons (Fsp3) is 0.833. The first kappa shape index (κ1) is 17.9. The standard InChI is InChI=1S/C12H24N2O4S/c1-10(2)14(8-4-6-11(15)16)12(17)13-7-5-9-19(3)18/h10H,4-9H2,1-3H3,(H,13,17)(H,15,16). The van der Waals surface area contributed by atoms with Crippen LogP contribution in [-0.4, -0.2) is 57.4 Å². The molecule has 0 heterocycles. The van der Waals surface area contributed by atoms with Crippen molar-refractivity contribution in [1.82, 2.24) is 10.2 Å². The van der Waals surface area contributed by atoms with Crippen LogP contribution in [0.2, 0.25) is 0 Å². The van der Waals surface area contributed by atoms with Gasteiger partial charge in [0.05, 0.1) is 0 Å². The maximum atomic E-state index is 11.9. The summed E-state index contributed by atoms with van der Waals surface area (Å²) >= 11 is 0. The van der Waals surface area contributed by atoms with Crippen LogP contribution in [0.25, 0.3) is 0 Å². The first-order chi connectivity index (χ1) is 8.84. The zero-order valence-electron chi connectivity index (χ0n) is 11.8. The minimum Gasteiger partial charge on any atom is -0.481 e. The molecule has 0 aromatic rings. The van der Waals surface area contributed by atoms with Gasteiger partial charge in [-0.3, -0.25) is 9.00 Å². The maximum absolute atomic E-state index is 11.9. The molecule has 2 N–H and O–H groups in total. The highest BCUT2D eigenvalue weighted by molar-refractivity contribution is 7.84. The molecule has 0 saturated carbocycles. The molecule has 0 radical (unpaired) electrons. The number of carboxylic acids is 1. The number of aliphatic carboxylic acids is 1. The molecule has 0 rings (SSSR count). The van der Waals surface area contributed by atoms with Gasteiger partial charge >= 0.3 is 12.0 Å². The average molecular weight is 292 g/mol. The van der Waals surface area contributed by atoms with Crippen molar-refractivity contribution in [2.45, 2.75) is 39.2 Å². The Bertz CT molecular complexity index is 321. The fourth-order valence-electron chi connectivity index (χ4n) is 1.57. The van der Waals surface area contributed by atoms with Gasteiger partial charge in [-0.2, -0.15) is 0 Å². The third-order valence-electron chi connectivity index (χ3n) is 2.56. The van der Waals surface area contributed by atoms with E-state index in [0.29, 0.717) is 31.7 Å². The van der Waals surface area contributed by atoms with Crippen LogP contribution in [0.5, 0.6) is 0 Å². The molecule has 112 valence electrons. The van der Waals surface area contributed by atoms with Crippen LogP contribution < -0.4 is 5.32 Å². The number of rotatable bonds is 9. The summed E-state index contributed by atoms with van der Waals surface area (Å²) in [5, 5.41) is 11.3. The molecular formula is C12H24N2O4S. The first-order valence-corrected chi connectivity index (χ1v) is 8.13. The lowest BCUT2D eigenvalue weighted by atomic mass is 10.2. The maximum Gasteiger partial charge on any atom is 0.317 e. The number of amides is 2. The van der Waals surface area contributed by atoms with Crippen molar-refractivity contribution in [2.24, 2.45) is 0 Å². The first-order valence-electron chi connectivity index (χ1n) is 6.41. The number of carboxylic acid groups (broad SMARTS) is 1. The summed E-state index contributed by atoms with van der Waals surface area (Å²) in [7, 11) is -0.840. The quantitative estimate of drug-likeness (QED) is 0.622. The highest BCUT2D eigenvalue weighted by atomic mass is 32.2. The molecule has 2 amide bonds. The van der Waals surface area contributed by atoms with E-state index < -0.39 is 16.8 Å². The molecule has 19 heavy (non-hydrogen) atoms. The average Bonchev–Trinajstić information content (AvgIpc) is 2.28. The van der Waals surface area contributed by atoms with Crippen LogP contribution in [0.3, 0.4) is 0 Å². The Morgan fingerprint density at radius 2 is 1.95 bits per heavy atom. The number of hydrogen-bond acceptors (Lipinski definition) is 3. The predicted octanol–water partition coefficient (Wildman–Crippen LogP) is 1.04. The number of carbonyl (C=O) groups is 2. The Hall–Kier alpha value is -1.11. The second kappa shape index (κ2) is 9.77. The van der Waals surface area contributed by atoms with Crippen molar-refractivity contribution in [2.75, 3.05) is 25.1 Å². The summed E-state index contributed by atoms with van der Waals surface area (Å²) < 4.78 is 10.9. The topological polar surface area (TPSA) is 86.7 Å². The zero-order chi connectivity index (χ0) is 14.8. The monoisotopic (exact) mass is 292 g/mol. The van der Waals surface area contributed by atoms with E-state index in [4.69, 9.17) is 5.11 Å². The highest BCUT2D eigenvalue weighted by Gasteiger charge is 2.16. The molecule has 0 aliphatic heterocycles. The van der Waals surface area contributed by atoms with Crippen LogP contribution >= 0.6 is 0 Å². The van der Waals surface area contributed by atoms with Gasteiger partial charge < -0.3 is 15.3 Å². The number of nitrogens with zero attached hydrogens (tertiary/aromatic N) is 1. The van der Waals surface area contributed by atoms with Crippen LogP contribution in [0, 0.1) is 0 Å². The Morgan fingerprint density at radius 3 is 2.42 bits per heavy atom. The molecule has 0 bridgehead atoms. The number of hydrogen-bond donors (Lipinski definition) is 2. The SMILES string of the molecule is CC(C)N(CCCC(=O)O)C(=O)NCCCS(C)=O. The van der Waals surface area contributed by atoms with E-state index >= 15 is 0 Å². The van der Waals surface area contributed by atoms with Gasteiger partial charge in [0.15, 0.2) is 0 Å². The van der Waals surface area contributed by atoms with Crippen molar-refractivity contribution >= 4 is 22.8 Å². The molecule has 0 saturated heterocycles. The molecule has 1 atom stereocenters. The Balaban J connectivity index is 4.04. The lowest BCUT2D eigenvalue weighted by Crippen LogP contribution is -2.45. The van der Waals surface area contributed by atoms with Gasteiger partial charge in [0.1, 0.15) is 0 Å². The van der Waals surface area contributed by atoms with Crippen LogP contribution in [-0.2, 0) is 15.6 Å². The normalized spacial score (nSPS) is 12.2. The summed E-state index contributed by atoms with van der Waals surface area (Å²) in [6.07, 6.45) is 2.81. The van der Waals surface area contributed by atoms with E-state index in [1.807, 2.05) is 13.8 Å². The summed E-state index contributed by atoms with van der Waals surface area (Å²) in [6, 6.07) is -0.170. The van der Waals surface area contributed by atoms with Crippen LogP contribution in [0.15, 0.2) is 0 Å². The van der Waals surface area contributed by atoms with Crippen molar-refractivity contribution in [1.29, 1.82) is 0 Å². The van der Waals surface area contributed by atoms with Gasteiger partial charge in [-0.15, -0.1) is 0 Å². The van der Waals surface area contributed by atoms with Gasteiger partial charge in [0.25, 0.3) is 0 Å². The minimum atomic E-state index is -0.852. The molecule has 6 nitrogen and oxygen atoms in total. The summed E-state index contributed by atoms with van der Waals surface area (Å²) in [5.41, 5.74) is 0. The summed E-state index contributed by atoms with van der Waals surface area (Å²) in [4.78, 5) is 24.0. The van der Waals surface area contributed by atoms with E-state index in [2.05, 4.69) is 5.32 Å². The van der Waals surface area contributed by atoms with Crippen LogP contribution in [0.4, 0.5) is 4.79 Å². The Labute approximate surface area is 117 Å². The molecule has 7 heteroatoms. The van der Waals surface area contributed by atoms with Gasteiger partial charge in [-0.05, 0) is 26.7 Å². The smallest absolute Gasteiger partial charge is 0.317 e. The van der Waals surface area contributed by atoms with E-state index in [9.17, 15) is 13.8 Å². The number of carbonyl (C=O) groups excluding carboxylic acids is 1. The van der Waals surface area contributed by atoms with Crippen molar-refractivity contribution in [3.63, 3.8) is 0 Å². The molecule has 0 aromatic carbocycles. The molecule has 0 aliphatic rings. The van der Waals surface area contributed by atoms with E-state index in [0.717, 1.165) is 0 Å². The Morgan fingerprint density at radius 1 is 1.32 bits per heavy atom. The van der Waals surface area contributed by atoms with Crippen molar-refractivity contribution < 1.29 is 18.9 Å². The van der Waals surface area contributed by atoms with Crippen molar-refractivity contribution in [3.8, 4) is 0 Å². The number of nitrogens with one attached hydrogen (secondary N) is 1. The van der Waals surface area contributed by atoms with Gasteiger partial charge in [-0.25, -0.2) is 4.79 Å². The fourth-order valence-corrected chi connectivity index (χ4v) is 2.12. The Kier molecular flexibility index (Phi) is 9.20. The second-order valence-corrected chi connectivity index (χ2v) is 6.20. The van der Waals surface area contributed by atoms with E-state index in [1.165, 1.54) is 0 Å². The minimum absolute atomic E-state index is 0.0223. The molecule has 0 aromatic heterocycles. The molecule has 0 fully saturated rings. The van der Waals surface area contributed by atoms with Gasteiger partial charge in [0.2, 0.25) is 0 Å². The summed E-state index contributed by atoms with van der Waals surface area (Å²) in [5.74, 6) is -0.282. The van der Waals surface area contributed by atoms with Crippen molar-refractivity contribution in [3.05, 3.63) is 0 Å². The number of urea groups is 1. The molecular weight excluding hydrogens is 268 g/mol. The van der Waals surface area contributed by atoms with E-state index in [-0.39, 0.29) is 18.5 Å². The van der Waals surface area contributed by atoms with Gasteiger partial charge in [0, 0.05) is 48.4 Å². The third kappa shape index (κ3) is 9.47. The van der Waals surface area contributed by atoms with Crippen LogP contribution in [0.1, 0.15) is 33.1 Å². The zero-order valence-corrected chi connectivity index (χ0v) is 12.7. The lowest BCUT2D eigenvalue weighted by molar-refractivity contribution is -0.137. The molecule has 0 spiro atoms. The third-order valence-corrected chi connectivity index (χ3v) is 3.42. The second-order valence-electron chi connectivity index (χ2n) is 4.65. The molecule has 0 aliphatic carbocycles. The molecule has 1 unspecified atom stereocenters. The van der Waals surface area contributed by atoms with E-state index in [1.54, 1.807) is 11.2 Å². The highest BCUT2D eigenvalue weighted by Crippen LogP contribution is 2.02. The predicted molar refractivity (Wildman–Crippen MR) is 75.7 cm³/mol. The van der Waals surface area contributed by atoms with Gasteiger partial charge in [-0.1, -0.05) is 0 Å². The largest absolute Gasteiger partial charge is 0.481 e.